The highest BCUT2D eigenvalue weighted by atomic mass is 35.5. The monoisotopic (exact) mass is 417 g/mol. The third-order valence-electron chi connectivity index (χ3n) is 4.58. The number of halogens is 1. The standard InChI is InChI=1S/C18H16ClN5O3S/c1-18(25)9-24(10-18)11-3-2-4-12(7-11)28(26,27)23-14-6-5-13(19)16-15(8-20)21-22-17(14)16/h2-7,23,25H,9-10H2,1H3,(H,21,22). The third kappa shape index (κ3) is 3.16. The minimum atomic E-state index is -3.90. The number of nitriles is 1. The van der Waals surface area contributed by atoms with Crippen molar-refractivity contribution in [1.29, 1.82) is 5.26 Å². The van der Waals surface area contributed by atoms with Gasteiger partial charge in [0.25, 0.3) is 10.0 Å². The van der Waals surface area contributed by atoms with Crippen molar-refractivity contribution < 1.29 is 13.5 Å². The summed E-state index contributed by atoms with van der Waals surface area (Å²) in [6, 6.07) is 11.4. The van der Waals surface area contributed by atoms with Gasteiger partial charge < -0.3 is 10.0 Å². The number of aliphatic hydroxyl groups is 1. The maximum absolute atomic E-state index is 12.9. The molecule has 0 atom stereocenters. The summed E-state index contributed by atoms with van der Waals surface area (Å²) in [5.41, 5.74) is 0.617. The summed E-state index contributed by atoms with van der Waals surface area (Å²) < 4.78 is 28.3. The molecule has 28 heavy (non-hydrogen) atoms. The van der Waals surface area contributed by atoms with E-state index in [1.807, 2.05) is 11.0 Å². The zero-order chi connectivity index (χ0) is 20.1. The van der Waals surface area contributed by atoms with E-state index < -0.39 is 15.6 Å². The summed E-state index contributed by atoms with van der Waals surface area (Å²) in [5, 5.41) is 26.2. The number of hydrogen-bond donors (Lipinski definition) is 3. The molecule has 0 unspecified atom stereocenters. The van der Waals surface area contributed by atoms with Crippen LogP contribution in [0.2, 0.25) is 5.02 Å². The topological polar surface area (TPSA) is 122 Å². The van der Waals surface area contributed by atoms with Crippen molar-refractivity contribution in [2.45, 2.75) is 17.4 Å². The van der Waals surface area contributed by atoms with Gasteiger partial charge in [-0.2, -0.15) is 10.4 Å². The molecule has 0 spiro atoms. The average molecular weight is 418 g/mol. The summed E-state index contributed by atoms with van der Waals surface area (Å²) in [6.45, 7) is 2.61. The van der Waals surface area contributed by atoms with Crippen LogP contribution in [0, 0.1) is 11.3 Å². The summed E-state index contributed by atoms with van der Waals surface area (Å²) >= 11 is 6.13. The van der Waals surface area contributed by atoms with Crippen LogP contribution >= 0.6 is 11.6 Å². The number of H-pyrrole nitrogens is 1. The van der Waals surface area contributed by atoms with Gasteiger partial charge in [0, 0.05) is 18.8 Å². The van der Waals surface area contributed by atoms with Crippen molar-refractivity contribution >= 4 is 43.9 Å². The number of aromatic nitrogens is 2. The fourth-order valence-corrected chi connectivity index (χ4v) is 4.63. The van der Waals surface area contributed by atoms with E-state index in [1.165, 1.54) is 18.2 Å². The van der Waals surface area contributed by atoms with Crippen LogP contribution in [-0.4, -0.2) is 42.4 Å². The molecule has 1 fully saturated rings. The van der Waals surface area contributed by atoms with E-state index in [2.05, 4.69) is 14.9 Å². The van der Waals surface area contributed by atoms with Crippen LogP contribution in [0.4, 0.5) is 11.4 Å². The summed E-state index contributed by atoms with van der Waals surface area (Å²) in [5.74, 6) is 0. The van der Waals surface area contributed by atoms with Crippen molar-refractivity contribution in [1.82, 2.24) is 10.2 Å². The highest BCUT2D eigenvalue weighted by molar-refractivity contribution is 7.92. The lowest BCUT2D eigenvalue weighted by atomic mass is 9.96. The highest BCUT2D eigenvalue weighted by Crippen LogP contribution is 2.33. The van der Waals surface area contributed by atoms with Crippen LogP contribution in [-0.2, 0) is 10.0 Å². The van der Waals surface area contributed by atoms with E-state index in [4.69, 9.17) is 16.9 Å². The molecule has 0 aliphatic carbocycles. The molecular weight excluding hydrogens is 402 g/mol. The van der Waals surface area contributed by atoms with Crippen molar-refractivity contribution in [3.8, 4) is 6.07 Å². The van der Waals surface area contributed by atoms with E-state index >= 15 is 0 Å². The van der Waals surface area contributed by atoms with Gasteiger partial charge in [0.05, 0.1) is 32.1 Å². The Labute approximate surface area is 166 Å². The van der Waals surface area contributed by atoms with Gasteiger partial charge in [0.15, 0.2) is 5.69 Å². The van der Waals surface area contributed by atoms with Gasteiger partial charge >= 0.3 is 0 Å². The zero-order valence-corrected chi connectivity index (χ0v) is 16.3. The maximum Gasteiger partial charge on any atom is 0.262 e. The van der Waals surface area contributed by atoms with Crippen LogP contribution in [0.3, 0.4) is 0 Å². The summed E-state index contributed by atoms with van der Waals surface area (Å²) in [7, 11) is -3.90. The van der Waals surface area contributed by atoms with E-state index in [0.29, 0.717) is 34.7 Å². The molecule has 0 bridgehead atoms. The number of β-amino-alcohol motifs (C(OH)–C–C–N with tert-alkyl or cyclic N) is 1. The van der Waals surface area contributed by atoms with E-state index in [0.717, 1.165) is 0 Å². The van der Waals surface area contributed by atoms with Gasteiger partial charge in [0.2, 0.25) is 0 Å². The molecule has 10 heteroatoms. The molecule has 2 aromatic carbocycles. The molecule has 1 aromatic heterocycles. The van der Waals surface area contributed by atoms with Gasteiger partial charge in [-0.25, -0.2) is 8.42 Å². The maximum atomic E-state index is 12.9. The molecule has 3 aromatic rings. The van der Waals surface area contributed by atoms with Crippen molar-refractivity contribution in [2.24, 2.45) is 0 Å². The number of anilines is 2. The Balaban J connectivity index is 1.68. The molecule has 1 aliphatic rings. The summed E-state index contributed by atoms with van der Waals surface area (Å²) in [6.07, 6.45) is 0. The fourth-order valence-electron chi connectivity index (χ4n) is 3.27. The molecule has 1 saturated heterocycles. The molecule has 144 valence electrons. The predicted molar refractivity (Wildman–Crippen MR) is 106 cm³/mol. The Kier molecular flexibility index (Phi) is 4.23. The lowest BCUT2D eigenvalue weighted by molar-refractivity contribution is 0.0310. The molecule has 0 radical (unpaired) electrons. The van der Waals surface area contributed by atoms with Gasteiger partial charge in [-0.05, 0) is 37.3 Å². The Hall–Kier alpha value is -2.80. The normalized spacial score (nSPS) is 15.9. The second-order valence-corrected chi connectivity index (χ2v) is 9.07. The van der Waals surface area contributed by atoms with Crippen LogP contribution < -0.4 is 9.62 Å². The minimum absolute atomic E-state index is 0.0830. The Morgan fingerprint density at radius 1 is 1.36 bits per heavy atom. The number of aromatic amines is 1. The lowest BCUT2D eigenvalue weighted by Gasteiger charge is -2.45. The number of nitrogens with zero attached hydrogens (tertiary/aromatic N) is 3. The number of benzene rings is 2. The molecule has 3 N–H and O–H groups in total. The SMILES string of the molecule is CC1(O)CN(c2cccc(S(=O)(=O)Nc3ccc(Cl)c4c(C#N)n[nH]c34)c2)C1. The van der Waals surface area contributed by atoms with Crippen LogP contribution in [0.25, 0.3) is 10.9 Å². The zero-order valence-electron chi connectivity index (χ0n) is 14.8. The molecule has 2 heterocycles. The van der Waals surface area contributed by atoms with Crippen LogP contribution in [0.1, 0.15) is 12.6 Å². The fraction of sp³-hybridized carbons (Fsp3) is 0.222. The number of nitrogens with one attached hydrogen (secondary N) is 2. The number of rotatable bonds is 4. The van der Waals surface area contributed by atoms with Crippen LogP contribution in [0.15, 0.2) is 41.3 Å². The number of fused-ring (bicyclic) bond motifs is 1. The second-order valence-electron chi connectivity index (χ2n) is 6.98. The van der Waals surface area contributed by atoms with Gasteiger partial charge in [-0.3, -0.25) is 9.82 Å². The first-order valence-electron chi connectivity index (χ1n) is 8.37. The Morgan fingerprint density at radius 3 is 2.79 bits per heavy atom. The second kappa shape index (κ2) is 6.38. The highest BCUT2D eigenvalue weighted by Gasteiger charge is 2.36. The van der Waals surface area contributed by atoms with Crippen molar-refractivity contribution in [3.63, 3.8) is 0 Å². The van der Waals surface area contributed by atoms with Crippen molar-refractivity contribution in [3.05, 3.63) is 47.1 Å². The first kappa shape index (κ1) is 18.6. The quantitative estimate of drug-likeness (QED) is 0.599. The Bertz CT molecular complexity index is 1220. The molecule has 0 amide bonds. The average Bonchev–Trinajstić information content (AvgIpc) is 3.07. The predicted octanol–water partition coefficient (Wildman–Crippen LogP) is 2.46. The Morgan fingerprint density at radius 2 is 2.11 bits per heavy atom. The van der Waals surface area contributed by atoms with Gasteiger partial charge in [-0.1, -0.05) is 17.7 Å². The van der Waals surface area contributed by atoms with E-state index in [-0.39, 0.29) is 16.3 Å². The van der Waals surface area contributed by atoms with Gasteiger partial charge in [0.1, 0.15) is 6.07 Å². The third-order valence-corrected chi connectivity index (χ3v) is 6.26. The summed E-state index contributed by atoms with van der Waals surface area (Å²) in [4.78, 5) is 1.98. The lowest BCUT2D eigenvalue weighted by Crippen LogP contribution is -2.60. The largest absolute Gasteiger partial charge is 0.386 e. The van der Waals surface area contributed by atoms with E-state index in [9.17, 15) is 13.5 Å². The molecule has 0 saturated carbocycles. The van der Waals surface area contributed by atoms with E-state index in [1.54, 1.807) is 25.1 Å². The first-order valence-corrected chi connectivity index (χ1v) is 10.2. The first-order chi connectivity index (χ1) is 13.2. The van der Waals surface area contributed by atoms with Gasteiger partial charge in [-0.15, -0.1) is 0 Å². The molecular formula is C18H16ClN5O3S. The molecule has 1 aliphatic heterocycles. The number of hydrogen-bond acceptors (Lipinski definition) is 6. The number of sulfonamides is 1. The minimum Gasteiger partial charge on any atom is -0.386 e. The molecule has 4 rings (SSSR count). The smallest absolute Gasteiger partial charge is 0.262 e. The van der Waals surface area contributed by atoms with Crippen molar-refractivity contribution in [2.75, 3.05) is 22.7 Å². The van der Waals surface area contributed by atoms with Crippen LogP contribution in [0.5, 0.6) is 0 Å². The molecule has 8 nitrogen and oxygen atoms in total.